The number of rotatable bonds is 2. The van der Waals surface area contributed by atoms with Gasteiger partial charge in [-0.3, -0.25) is 4.79 Å². The molecule has 1 aromatic carbocycles. The van der Waals surface area contributed by atoms with Gasteiger partial charge in [0.2, 0.25) is 5.91 Å². The second-order valence-electron chi connectivity index (χ2n) is 9.20. The highest BCUT2D eigenvalue weighted by Crippen LogP contribution is 2.66. The van der Waals surface area contributed by atoms with E-state index in [9.17, 15) is 19.4 Å². The number of amides is 1. The first-order valence-corrected chi connectivity index (χ1v) is 9.79. The maximum atomic E-state index is 13.7. The minimum absolute atomic E-state index is 0.0999. The van der Waals surface area contributed by atoms with Gasteiger partial charge in [-0.25, -0.2) is 4.39 Å². The number of aliphatic hydroxyl groups excluding tert-OH is 1. The number of halogens is 1. The van der Waals surface area contributed by atoms with Gasteiger partial charge in [0, 0.05) is 13.1 Å². The van der Waals surface area contributed by atoms with Crippen LogP contribution in [0.5, 0.6) is 0 Å². The van der Waals surface area contributed by atoms with Crippen LogP contribution < -0.4 is 0 Å². The highest BCUT2D eigenvalue weighted by Gasteiger charge is 2.67. The maximum Gasteiger partial charge on any atom is 0.233 e. The van der Waals surface area contributed by atoms with E-state index in [-0.39, 0.29) is 35.4 Å². The van der Waals surface area contributed by atoms with Crippen molar-refractivity contribution in [3.8, 4) is 0 Å². The number of benzene rings is 1. The molecule has 2 N–H and O–H groups in total. The van der Waals surface area contributed by atoms with Crippen molar-refractivity contribution in [2.45, 2.75) is 49.7 Å². The quantitative estimate of drug-likeness (QED) is 0.850. The lowest BCUT2D eigenvalue weighted by atomic mass is 9.40. The third kappa shape index (κ3) is 1.99. The minimum atomic E-state index is -0.628. The van der Waals surface area contributed by atoms with E-state index in [4.69, 9.17) is 0 Å². The fraction of sp³-hybridized carbons (Fsp3) is 0.667. The fourth-order valence-corrected chi connectivity index (χ4v) is 6.68. The molecular weight excluding hydrogens is 333 g/mol. The second kappa shape index (κ2) is 5.29. The van der Waals surface area contributed by atoms with Crippen molar-refractivity contribution in [3.63, 3.8) is 0 Å². The maximum absolute atomic E-state index is 13.7. The van der Waals surface area contributed by atoms with Gasteiger partial charge in [0.25, 0.3) is 0 Å². The van der Waals surface area contributed by atoms with E-state index in [1.807, 2.05) is 6.92 Å². The summed E-state index contributed by atoms with van der Waals surface area (Å²) in [6.45, 7) is 2.75. The molecule has 4 bridgehead atoms. The molecule has 0 radical (unpaired) electrons. The highest BCUT2D eigenvalue weighted by atomic mass is 19.1. The lowest BCUT2D eigenvalue weighted by Crippen LogP contribution is -2.70. The number of carbonyl (C=O) groups is 1. The van der Waals surface area contributed by atoms with E-state index in [0.717, 1.165) is 31.2 Å². The molecule has 26 heavy (non-hydrogen) atoms. The molecule has 0 aromatic heterocycles. The summed E-state index contributed by atoms with van der Waals surface area (Å²) >= 11 is 0. The third-order valence-electron chi connectivity index (χ3n) is 8.04. The van der Waals surface area contributed by atoms with Crippen LogP contribution in [0.15, 0.2) is 24.3 Å². The largest absolute Gasteiger partial charge is 0.390 e. The van der Waals surface area contributed by atoms with Crippen LogP contribution in [-0.2, 0) is 10.2 Å². The molecule has 5 aliphatic rings. The number of likely N-dealkylation sites (tertiary alicyclic amines) is 1. The van der Waals surface area contributed by atoms with E-state index in [0.29, 0.717) is 13.1 Å². The van der Waals surface area contributed by atoms with Crippen molar-refractivity contribution in [3.05, 3.63) is 35.6 Å². The van der Waals surface area contributed by atoms with Crippen molar-refractivity contribution in [2.24, 2.45) is 23.7 Å². The summed E-state index contributed by atoms with van der Waals surface area (Å²) < 4.78 is 13.6. The number of hydrogen-bond donors (Lipinski definition) is 2. The molecule has 1 amide bonds. The van der Waals surface area contributed by atoms with Gasteiger partial charge in [0.1, 0.15) is 5.82 Å². The molecule has 0 unspecified atom stereocenters. The third-order valence-corrected chi connectivity index (χ3v) is 8.04. The predicted molar refractivity (Wildman–Crippen MR) is 93.7 cm³/mol. The van der Waals surface area contributed by atoms with Gasteiger partial charge in [-0.1, -0.05) is 12.1 Å². The van der Waals surface area contributed by atoms with Gasteiger partial charge < -0.3 is 15.1 Å². The first-order valence-electron chi connectivity index (χ1n) is 9.79. The molecule has 140 valence electrons. The zero-order valence-electron chi connectivity index (χ0n) is 15.1. The predicted octanol–water partition coefficient (Wildman–Crippen LogP) is 2.08. The molecule has 0 atom stereocenters. The van der Waals surface area contributed by atoms with Crippen molar-refractivity contribution < 1.29 is 19.4 Å². The molecular formula is C21H26FNO3. The van der Waals surface area contributed by atoms with E-state index in [1.165, 1.54) is 12.1 Å². The Bertz CT molecular complexity index is 706. The van der Waals surface area contributed by atoms with Crippen molar-refractivity contribution in [1.82, 2.24) is 4.90 Å². The molecule has 5 fully saturated rings. The summed E-state index contributed by atoms with van der Waals surface area (Å²) in [6.07, 6.45) is 2.96. The Morgan fingerprint density at radius 1 is 1.04 bits per heavy atom. The minimum Gasteiger partial charge on any atom is -0.390 e. The number of β-amino-alcohol motifs (C(OH)–C–C–N with tert-alkyl or cyclic N) is 1. The molecule has 4 aliphatic carbocycles. The van der Waals surface area contributed by atoms with Gasteiger partial charge in [-0.15, -0.1) is 0 Å². The Morgan fingerprint density at radius 2 is 1.54 bits per heavy atom. The van der Waals surface area contributed by atoms with Crippen LogP contribution in [0.25, 0.3) is 0 Å². The smallest absolute Gasteiger partial charge is 0.233 e. The van der Waals surface area contributed by atoms with E-state index in [1.54, 1.807) is 17.0 Å². The standard InChI is InChI=1S/C21H26FNO3/c1-20(26)13-6-15-8-14(20)9-16(7-13)21(15,12-2-4-17(22)5-3-12)19(25)23-10-18(24)11-23/h2-5,13-16,18,24,26H,6-11H2,1H3/t13?,14?,15?,16?,20-,21-. The summed E-state index contributed by atoms with van der Waals surface area (Å²) in [6, 6.07) is 6.47. The highest BCUT2D eigenvalue weighted by molar-refractivity contribution is 5.90. The number of carbonyl (C=O) groups excluding carboxylic acids is 1. The molecule has 4 saturated carbocycles. The van der Waals surface area contributed by atoms with Crippen molar-refractivity contribution >= 4 is 5.91 Å². The average Bonchev–Trinajstić information content (AvgIpc) is 2.56. The molecule has 1 heterocycles. The van der Waals surface area contributed by atoms with Crippen molar-refractivity contribution in [2.75, 3.05) is 13.1 Å². The molecule has 5 heteroatoms. The molecule has 1 aromatic rings. The van der Waals surface area contributed by atoms with Crippen LogP contribution in [0.4, 0.5) is 4.39 Å². The summed E-state index contributed by atoms with van der Waals surface area (Å²) in [5.74, 6) is 0.661. The van der Waals surface area contributed by atoms with E-state index < -0.39 is 17.1 Å². The van der Waals surface area contributed by atoms with Crippen LogP contribution in [-0.4, -0.2) is 45.8 Å². The van der Waals surface area contributed by atoms with Crippen LogP contribution in [0.2, 0.25) is 0 Å². The Kier molecular flexibility index (Phi) is 3.40. The zero-order valence-corrected chi connectivity index (χ0v) is 15.1. The van der Waals surface area contributed by atoms with Gasteiger partial charge in [0.15, 0.2) is 0 Å². The summed E-state index contributed by atoms with van der Waals surface area (Å²) in [5.41, 5.74) is -0.339. The molecule has 6 rings (SSSR count). The van der Waals surface area contributed by atoms with Crippen LogP contribution in [0.3, 0.4) is 0 Å². The number of nitrogens with zero attached hydrogens (tertiary/aromatic N) is 1. The lowest BCUT2D eigenvalue weighted by Gasteiger charge is -2.66. The number of hydrogen-bond acceptors (Lipinski definition) is 3. The van der Waals surface area contributed by atoms with Crippen LogP contribution in [0.1, 0.15) is 38.2 Å². The average molecular weight is 359 g/mol. The van der Waals surface area contributed by atoms with Crippen molar-refractivity contribution in [1.29, 1.82) is 0 Å². The fourth-order valence-electron chi connectivity index (χ4n) is 6.68. The number of aliphatic hydroxyl groups is 2. The van der Waals surface area contributed by atoms with Gasteiger partial charge >= 0.3 is 0 Å². The monoisotopic (exact) mass is 359 g/mol. The van der Waals surface area contributed by atoms with Gasteiger partial charge in [0.05, 0.1) is 17.1 Å². The van der Waals surface area contributed by atoms with E-state index in [2.05, 4.69) is 0 Å². The Labute approximate surface area is 153 Å². The molecule has 0 spiro atoms. The second-order valence-corrected chi connectivity index (χ2v) is 9.20. The molecule has 1 aliphatic heterocycles. The zero-order chi connectivity index (χ0) is 18.3. The van der Waals surface area contributed by atoms with E-state index >= 15 is 0 Å². The van der Waals surface area contributed by atoms with Crippen LogP contribution in [0, 0.1) is 29.5 Å². The van der Waals surface area contributed by atoms with Crippen LogP contribution >= 0.6 is 0 Å². The van der Waals surface area contributed by atoms with Gasteiger partial charge in [-0.2, -0.15) is 0 Å². The lowest BCUT2D eigenvalue weighted by molar-refractivity contribution is -0.203. The van der Waals surface area contributed by atoms with Gasteiger partial charge in [-0.05, 0) is 74.0 Å². The SMILES string of the molecule is C[C@]1(O)C2CC3CC1CC(C2)[C@@]3(C(=O)N1CC(O)C1)c1ccc(F)cc1. The Balaban J connectivity index is 1.60. The normalized spacial score (nSPS) is 44.2. The molecule has 4 nitrogen and oxygen atoms in total. The molecule has 1 saturated heterocycles. The first-order chi connectivity index (χ1) is 12.3. The first kappa shape index (κ1) is 16.7. The Morgan fingerprint density at radius 3 is 2.00 bits per heavy atom. The summed E-state index contributed by atoms with van der Waals surface area (Å²) in [5, 5.41) is 20.6. The summed E-state index contributed by atoms with van der Waals surface area (Å²) in [7, 11) is 0. The topological polar surface area (TPSA) is 60.8 Å². The Hall–Kier alpha value is -1.46. The summed E-state index contributed by atoms with van der Waals surface area (Å²) in [4.78, 5) is 15.5.